The Balaban J connectivity index is 1.90. The third kappa shape index (κ3) is 5.16. The number of rotatable bonds is 8. The molecule has 1 unspecified atom stereocenters. The van der Waals surface area contributed by atoms with E-state index in [1.54, 1.807) is 29.4 Å². The van der Waals surface area contributed by atoms with Crippen LogP contribution in [0.4, 0.5) is 4.79 Å². The third-order valence-corrected chi connectivity index (χ3v) is 5.47. The summed E-state index contributed by atoms with van der Waals surface area (Å²) in [5.41, 5.74) is 6.14. The summed E-state index contributed by atoms with van der Waals surface area (Å²) >= 11 is 0. The van der Waals surface area contributed by atoms with E-state index in [1.165, 1.54) is 11.8 Å². The number of aromatic nitrogens is 1. The molecule has 3 heterocycles. The van der Waals surface area contributed by atoms with Crippen molar-refractivity contribution in [3.63, 3.8) is 0 Å². The minimum Gasteiger partial charge on any atom is -0.448 e. The zero-order valence-electron chi connectivity index (χ0n) is 18.3. The van der Waals surface area contributed by atoms with Gasteiger partial charge in [-0.3, -0.25) is 24.2 Å². The minimum absolute atomic E-state index is 0.0373. The molecule has 3 rings (SSSR count). The molecule has 2 aliphatic rings. The second-order valence-corrected chi connectivity index (χ2v) is 7.86. The van der Waals surface area contributed by atoms with Crippen LogP contribution in [0.3, 0.4) is 0 Å². The van der Waals surface area contributed by atoms with Gasteiger partial charge < -0.3 is 20.3 Å². The van der Waals surface area contributed by atoms with Crippen LogP contribution in [0.2, 0.25) is 0 Å². The van der Waals surface area contributed by atoms with Crippen molar-refractivity contribution >= 4 is 23.8 Å². The molecule has 32 heavy (non-hydrogen) atoms. The molecule has 0 saturated carbocycles. The lowest BCUT2D eigenvalue weighted by Gasteiger charge is -2.52. The Bertz CT molecular complexity index is 850. The Morgan fingerprint density at radius 1 is 1.25 bits per heavy atom. The Morgan fingerprint density at radius 3 is 2.62 bits per heavy atom. The highest BCUT2D eigenvalue weighted by molar-refractivity contribution is 5.92. The number of fused-ring (bicyclic) bond motifs is 1. The Kier molecular flexibility index (Phi) is 7.62. The largest absolute Gasteiger partial charge is 0.448 e. The molecular weight excluding hydrogens is 418 g/mol. The van der Waals surface area contributed by atoms with Crippen molar-refractivity contribution < 1.29 is 28.8 Å². The molecule has 0 aliphatic carbocycles. The second-order valence-electron chi connectivity index (χ2n) is 7.86. The highest BCUT2D eigenvalue weighted by Gasteiger charge is 2.52. The number of nitrogens with two attached hydrogens (primary N) is 1. The Morgan fingerprint density at radius 2 is 1.97 bits per heavy atom. The number of hydrogen-bond donors (Lipinski definition) is 1. The summed E-state index contributed by atoms with van der Waals surface area (Å²) < 4.78 is 5.31. The van der Waals surface area contributed by atoms with E-state index < -0.39 is 36.2 Å². The van der Waals surface area contributed by atoms with Gasteiger partial charge in [-0.15, -0.1) is 0 Å². The van der Waals surface area contributed by atoms with E-state index in [0.717, 1.165) is 17.0 Å². The molecule has 1 aromatic rings. The van der Waals surface area contributed by atoms with Gasteiger partial charge in [0.2, 0.25) is 11.8 Å². The molecule has 174 valence electrons. The van der Waals surface area contributed by atoms with Crippen LogP contribution < -0.4 is 5.73 Å². The molecular formula is C21H29N5O6. The van der Waals surface area contributed by atoms with Gasteiger partial charge in [-0.1, -0.05) is 13.3 Å². The van der Waals surface area contributed by atoms with Crippen LogP contribution in [-0.4, -0.2) is 75.1 Å². The molecule has 3 atom stereocenters. The van der Waals surface area contributed by atoms with Gasteiger partial charge in [-0.05, 0) is 37.5 Å². The molecule has 1 aromatic heterocycles. The fourth-order valence-electron chi connectivity index (χ4n) is 3.82. The fraction of sp³-hybridized carbons (Fsp3) is 0.571. The van der Waals surface area contributed by atoms with E-state index in [9.17, 15) is 19.2 Å². The van der Waals surface area contributed by atoms with E-state index in [2.05, 4.69) is 4.98 Å². The molecule has 2 fully saturated rings. The Hall–Kier alpha value is -3.21. The molecule has 2 N–H and O–H groups in total. The maximum atomic E-state index is 13.3. The van der Waals surface area contributed by atoms with E-state index in [0.29, 0.717) is 6.42 Å². The van der Waals surface area contributed by atoms with E-state index in [1.807, 2.05) is 6.92 Å². The Labute approximate surface area is 186 Å². The molecule has 0 bridgehead atoms. The van der Waals surface area contributed by atoms with Gasteiger partial charge in [0.05, 0.1) is 13.2 Å². The van der Waals surface area contributed by atoms with Crippen molar-refractivity contribution in [3.8, 4) is 0 Å². The van der Waals surface area contributed by atoms with Gasteiger partial charge in [-0.2, -0.15) is 5.06 Å². The van der Waals surface area contributed by atoms with Gasteiger partial charge >= 0.3 is 6.09 Å². The standard InChI is InChI=1S/C21H29N5O6/c1-3-4-11-31-21(30)26-18-13-24(12-15-7-9-23-10-8-15)20(29)16(5-6-17(22)27)25(18)19(28)14(2)32-26/h7-10,14,16,18H,3-6,11-13H2,1-2H3,(H2,22,27)/t14-,16+,18?/m1/s1. The molecule has 0 spiro atoms. The SMILES string of the molecule is CCCCOC(=O)N1O[C@H](C)C(=O)N2C1CN(Cc1ccncc1)C(=O)[C@@H]2CCC(N)=O. The first-order chi connectivity index (χ1) is 15.3. The maximum Gasteiger partial charge on any atom is 0.436 e. The molecule has 0 aromatic carbocycles. The highest BCUT2D eigenvalue weighted by atomic mass is 16.7. The van der Waals surface area contributed by atoms with E-state index >= 15 is 0 Å². The number of nitrogens with zero attached hydrogens (tertiary/aromatic N) is 4. The van der Waals surface area contributed by atoms with Crippen LogP contribution in [0.25, 0.3) is 0 Å². The zero-order valence-corrected chi connectivity index (χ0v) is 18.3. The van der Waals surface area contributed by atoms with Crippen LogP contribution in [-0.2, 0) is 30.5 Å². The first kappa shape index (κ1) is 23.5. The molecule has 2 aliphatic heterocycles. The summed E-state index contributed by atoms with van der Waals surface area (Å²) in [6, 6.07) is 2.60. The van der Waals surface area contributed by atoms with Crippen molar-refractivity contribution in [2.75, 3.05) is 13.2 Å². The number of hydroxylamine groups is 2. The van der Waals surface area contributed by atoms with Gasteiger partial charge in [0.15, 0.2) is 12.3 Å². The lowest BCUT2D eigenvalue weighted by molar-refractivity contribution is -0.264. The number of piperazine rings is 1. The predicted octanol–water partition coefficient (Wildman–Crippen LogP) is 0.785. The lowest BCUT2D eigenvalue weighted by Crippen LogP contribution is -2.73. The van der Waals surface area contributed by atoms with Crippen LogP contribution >= 0.6 is 0 Å². The second kappa shape index (κ2) is 10.4. The first-order valence-electron chi connectivity index (χ1n) is 10.7. The van der Waals surface area contributed by atoms with Crippen molar-refractivity contribution in [1.29, 1.82) is 0 Å². The summed E-state index contributed by atoms with van der Waals surface area (Å²) in [7, 11) is 0. The molecule has 2 saturated heterocycles. The number of hydrogen-bond acceptors (Lipinski definition) is 7. The smallest absolute Gasteiger partial charge is 0.436 e. The van der Waals surface area contributed by atoms with Crippen molar-refractivity contribution in [2.24, 2.45) is 5.73 Å². The number of pyridine rings is 1. The van der Waals surface area contributed by atoms with E-state index in [4.69, 9.17) is 15.3 Å². The van der Waals surface area contributed by atoms with Gasteiger partial charge in [-0.25, -0.2) is 4.79 Å². The monoisotopic (exact) mass is 447 g/mol. The molecule has 11 heteroatoms. The number of ether oxygens (including phenoxy) is 1. The zero-order chi connectivity index (χ0) is 23.3. The average Bonchev–Trinajstić information content (AvgIpc) is 2.77. The van der Waals surface area contributed by atoms with Gasteiger partial charge in [0.25, 0.3) is 5.91 Å². The topological polar surface area (TPSA) is 135 Å². The average molecular weight is 447 g/mol. The number of carbonyl (C=O) groups excluding carboxylic acids is 4. The quantitative estimate of drug-likeness (QED) is 0.582. The first-order valence-corrected chi connectivity index (χ1v) is 10.7. The van der Waals surface area contributed by atoms with Crippen molar-refractivity contribution in [1.82, 2.24) is 19.8 Å². The lowest BCUT2D eigenvalue weighted by atomic mass is 10.0. The fourth-order valence-corrected chi connectivity index (χ4v) is 3.82. The summed E-state index contributed by atoms with van der Waals surface area (Å²) in [6.45, 7) is 3.98. The third-order valence-electron chi connectivity index (χ3n) is 5.47. The molecule has 0 radical (unpaired) electrons. The normalized spacial score (nSPS) is 23.2. The number of unbranched alkanes of at least 4 members (excludes halogenated alkanes) is 1. The van der Waals surface area contributed by atoms with Crippen LogP contribution in [0.15, 0.2) is 24.5 Å². The summed E-state index contributed by atoms with van der Waals surface area (Å²) in [5, 5.41) is 1.03. The minimum atomic E-state index is -0.986. The number of primary amides is 1. The number of carbonyl (C=O) groups is 4. The maximum absolute atomic E-state index is 13.3. The number of amides is 4. The van der Waals surface area contributed by atoms with Gasteiger partial charge in [0.1, 0.15) is 6.04 Å². The summed E-state index contributed by atoms with van der Waals surface area (Å²) in [6.07, 6.45) is 2.16. The molecule has 4 amide bonds. The molecule has 11 nitrogen and oxygen atoms in total. The van der Waals surface area contributed by atoms with E-state index in [-0.39, 0.29) is 38.4 Å². The summed E-state index contributed by atoms with van der Waals surface area (Å²) in [5.74, 6) is -1.33. The van der Waals surface area contributed by atoms with Gasteiger partial charge in [0, 0.05) is 25.4 Å². The highest BCUT2D eigenvalue weighted by Crippen LogP contribution is 2.30. The van der Waals surface area contributed by atoms with Crippen molar-refractivity contribution in [2.45, 2.75) is 64.4 Å². The summed E-state index contributed by atoms with van der Waals surface area (Å²) in [4.78, 5) is 62.9. The van der Waals surface area contributed by atoms with Crippen LogP contribution in [0.1, 0.15) is 45.1 Å². The predicted molar refractivity (Wildman–Crippen MR) is 111 cm³/mol. The van der Waals surface area contributed by atoms with Crippen LogP contribution in [0, 0.1) is 0 Å². The van der Waals surface area contributed by atoms with Crippen LogP contribution in [0.5, 0.6) is 0 Å². The van der Waals surface area contributed by atoms with Crippen molar-refractivity contribution in [3.05, 3.63) is 30.1 Å².